The largest absolute Gasteiger partial charge is 0.434 e. The number of oxime groups is 1. The predicted octanol–water partition coefficient (Wildman–Crippen LogP) is 0.974. The van der Waals surface area contributed by atoms with Gasteiger partial charge in [-0.25, -0.2) is 13.3 Å². The summed E-state index contributed by atoms with van der Waals surface area (Å²) in [6, 6.07) is 0. The van der Waals surface area contributed by atoms with Crippen LogP contribution in [0.1, 0.15) is 20.3 Å². The lowest BCUT2D eigenvalue weighted by molar-refractivity contribution is -0.396. The molecule has 11 heteroatoms. The molecule has 130 valence electrons. The number of nitrogens with one attached hydrogen (secondary N) is 1. The van der Waals surface area contributed by atoms with E-state index in [9.17, 15) is 18.9 Å². The Morgan fingerprint density at radius 2 is 2.26 bits per heavy atom. The molecule has 0 amide bonds. The van der Waals surface area contributed by atoms with Crippen molar-refractivity contribution >= 4 is 11.7 Å². The average molecular weight is 334 g/mol. The maximum Gasteiger partial charge on any atom is 0.434 e. The minimum atomic E-state index is -3.08. The molecule has 0 saturated carbocycles. The monoisotopic (exact) mass is 334 g/mol. The highest BCUT2D eigenvalue weighted by Gasteiger charge is 2.33. The van der Waals surface area contributed by atoms with Crippen LogP contribution in [0.3, 0.4) is 0 Å². The fourth-order valence-corrected chi connectivity index (χ4v) is 1.89. The number of halogens is 2. The molecule has 0 atom stereocenters. The first kappa shape index (κ1) is 18.9. The van der Waals surface area contributed by atoms with Gasteiger partial charge >= 0.3 is 5.95 Å². The van der Waals surface area contributed by atoms with Gasteiger partial charge in [-0.2, -0.15) is 0 Å². The molecular weight excluding hydrogens is 314 g/mol. The molecule has 23 heavy (non-hydrogen) atoms. The van der Waals surface area contributed by atoms with E-state index < -0.39 is 29.5 Å². The molecule has 1 heterocycles. The van der Waals surface area contributed by atoms with E-state index in [-0.39, 0.29) is 24.6 Å². The lowest BCUT2D eigenvalue weighted by atomic mass is 9.95. The zero-order valence-electron chi connectivity index (χ0n) is 12.9. The summed E-state index contributed by atoms with van der Waals surface area (Å²) >= 11 is 0. The van der Waals surface area contributed by atoms with E-state index in [1.54, 1.807) is 13.8 Å². The van der Waals surface area contributed by atoms with Gasteiger partial charge in [0.2, 0.25) is 0 Å². The molecule has 9 nitrogen and oxygen atoms in total. The zero-order chi connectivity index (χ0) is 17.7. The number of nitrogens with two attached hydrogens (primary N) is 1. The highest BCUT2D eigenvalue weighted by molar-refractivity contribution is 5.92. The molecule has 0 saturated heterocycles. The predicted molar refractivity (Wildman–Crippen MR) is 78.8 cm³/mol. The summed E-state index contributed by atoms with van der Waals surface area (Å²) in [5, 5.41) is 25.6. The van der Waals surface area contributed by atoms with Gasteiger partial charge in [0.05, 0.1) is 30.9 Å². The summed E-state index contributed by atoms with van der Waals surface area (Å²) in [7, 11) is 0. The Balaban J connectivity index is 2.72. The molecule has 0 aromatic carbocycles. The third kappa shape index (κ3) is 5.21. The molecule has 0 aliphatic rings. The van der Waals surface area contributed by atoms with Crippen LogP contribution < -0.4 is 11.1 Å². The maximum atomic E-state index is 13.2. The molecule has 0 spiro atoms. The molecule has 1 aromatic rings. The van der Waals surface area contributed by atoms with Crippen molar-refractivity contribution in [2.24, 2.45) is 10.9 Å². The van der Waals surface area contributed by atoms with E-state index in [1.165, 1.54) is 17.0 Å². The van der Waals surface area contributed by atoms with Crippen LogP contribution in [0.15, 0.2) is 17.5 Å². The highest BCUT2D eigenvalue weighted by atomic mass is 19.3. The highest BCUT2D eigenvalue weighted by Crippen LogP contribution is 2.16. The van der Waals surface area contributed by atoms with Crippen LogP contribution >= 0.6 is 0 Å². The summed E-state index contributed by atoms with van der Waals surface area (Å²) in [6.07, 6.45) is 2.80. The number of hydrogen-bond donors (Lipinski definition) is 3. The van der Waals surface area contributed by atoms with Gasteiger partial charge in [0.1, 0.15) is 12.4 Å². The van der Waals surface area contributed by atoms with Gasteiger partial charge in [-0.1, -0.05) is 10.1 Å². The first-order valence-corrected chi connectivity index (χ1v) is 6.83. The van der Waals surface area contributed by atoms with Crippen molar-refractivity contribution in [2.75, 3.05) is 13.1 Å². The summed E-state index contributed by atoms with van der Waals surface area (Å²) in [5.41, 5.74) is 4.10. The van der Waals surface area contributed by atoms with E-state index in [0.717, 1.165) is 0 Å². The molecule has 0 aliphatic carbocycles. The van der Waals surface area contributed by atoms with Crippen molar-refractivity contribution in [3.63, 3.8) is 0 Å². The number of nitrogens with zero attached hydrogens (tertiary/aromatic N) is 4. The Bertz CT molecular complexity index is 573. The van der Waals surface area contributed by atoms with Crippen molar-refractivity contribution in [3.8, 4) is 0 Å². The Morgan fingerprint density at radius 1 is 1.61 bits per heavy atom. The van der Waals surface area contributed by atoms with Crippen molar-refractivity contribution < 1.29 is 18.9 Å². The molecule has 4 N–H and O–H groups in total. The zero-order valence-corrected chi connectivity index (χ0v) is 12.9. The van der Waals surface area contributed by atoms with Gasteiger partial charge in [-0.15, -0.1) is 0 Å². The topological polar surface area (TPSA) is 132 Å². The van der Waals surface area contributed by atoms with E-state index in [0.29, 0.717) is 0 Å². The molecule has 0 bridgehead atoms. The maximum absolute atomic E-state index is 13.2. The number of aromatic nitrogens is 2. The number of hydrogen-bond acceptors (Lipinski definition) is 7. The van der Waals surface area contributed by atoms with Gasteiger partial charge in [0.15, 0.2) is 0 Å². The van der Waals surface area contributed by atoms with Crippen molar-refractivity contribution in [1.29, 1.82) is 0 Å². The van der Waals surface area contributed by atoms with Gasteiger partial charge in [-0.05, 0) is 18.8 Å². The molecule has 1 rings (SSSR count). The third-order valence-corrected chi connectivity index (χ3v) is 3.38. The standard InChI is InChI=1S/C12H20F2N6O3/c1-11(2,17-8-12(13,14)7-15)9(18-21)3-5-19-6-4-16-10(19)20(22)23/h4,6,17,21H,3,5,7-8,15H2,1-2H3/b18-9+. The van der Waals surface area contributed by atoms with E-state index >= 15 is 0 Å². The van der Waals surface area contributed by atoms with Crippen LogP contribution in [-0.2, 0) is 6.54 Å². The first-order chi connectivity index (χ1) is 10.6. The summed E-state index contributed by atoms with van der Waals surface area (Å²) in [4.78, 5) is 13.7. The molecular formula is C12H20F2N6O3. The van der Waals surface area contributed by atoms with Crippen LogP contribution in [0.25, 0.3) is 0 Å². The fourth-order valence-electron chi connectivity index (χ4n) is 1.89. The molecule has 0 fully saturated rings. The number of rotatable bonds is 9. The Labute approximate surface area is 131 Å². The average Bonchev–Trinajstić information content (AvgIpc) is 2.94. The van der Waals surface area contributed by atoms with Crippen LogP contribution in [0.5, 0.6) is 0 Å². The second-order valence-electron chi connectivity index (χ2n) is 5.51. The molecule has 0 unspecified atom stereocenters. The normalized spacial score (nSPS) is 13.3. The van der Waals surface area contributed by atoms with Crippen LogP contribution in [0.2, 0.25) is 0 Å². The third-order valence-electron chi connectivity index (χ3n) is 3.38. The van der Waals surface area contributed by atoms with Crippen LogP contribution in [0, 0.1) is 10.1 Å². The number of aryl methyl sites for hydroxylation is 1. The minimum Gasteiger partial charge on any atom is -0.411 e. The first-order valence-electron chi connectivity index (χ1n) is 6.83. The smallest absolute Gasteiger partial charge is 0.411 e. The summed E-state index contributed by atoms with van der Waals surface area (Å²) < 4.78 is 27.7. The molecule has 0 radical (unpaired) electrons. The lowest BCUT2D eigenvalue weighted by Crippen LogP contribution is -2.52. The second kappa shape index (κ2) is 7.42. The van der Waals surface area contributed by atoms with Crippen molar-refractivity contribution in [2.45, 2.75) is 38.3 Å². The van der Waals surface area contributed by atoms with E-state index in [1.807, 2.05) is 0 Å². The molecule has 0 aliphatic heterocycles. The van der Waals surface area contributed by atoms with Gasteiger partial charge in [0.25, 0.3) is 5.92 Å². The van der Waals surface area contributed by atoms with Crippen molar-refractivity contribution in [3.05, 3.63) is 22.5 Å². The van der Waals surface area contributed by atoms with Crippen molar-refractivity contribution in [1.82, 2.24) is 14.9 Å². The number of nitro groups is 1. The lowest BCUT2D eigenvalue weighted by Gasteiger charge is -2.29. The van der Waals surface area contributed by atoms with Gasteiger partial charge < -0.3 is 26.4 Å². The van der Waals surface area contributed by atoms with Gasteiger partial charge in [-0.3, -0.25) is 0 Å². The van der Waals surface area contributed by atoms with Gasteiger partial charge in [0, 0.05) is 6.42 Å². The number of imidazole rings is 1. The quantitative estimate of drug-likeness (QED) is 0.267. The fraction of sp³-hybridized carbons (Fsp3) is 0.667. The SMILES string of the molecule is CC(C)(NCC(F)(F)CN)/C(CCn1ccnc1[N+](=O)[O-])=N/O. The van der Waals surface area contributed by atoms with Crippen LogP contribution in [-0.4, -0.2) is 49.9 Å². The minimum absolute atomic E-state index is 0.113. The van der Waals surface area contributed by atoms with Crippen LogP contribution in [0.4, 0.5) is 14.7 Å². The summed E-state index contributed by atoms with van der Waals surface area (Å²) in [5.74, 6) is -3.43. The summed E-state index contributed by atoms with van der Waals surface area (Å²) in [6.45, 7) is 1.77. The Hall–Kier alpha value is -2.14. The van der Waals surface area contributed by atoms with E-state index in [4.69, 9.17) is 10.9 Å². The Morgan fingerprint density at radius 3 is 2.78 bits per heavy atom. The number of alkyl halides is 2. The second-order valence-corrected chi connectivity index (χ2v) is 5.51. The van der Waals surface area contributed by atoms with E-state index in [2.05, 4.69) is 15.5 Å². The molecule has 1 aromatic heterocycles. The Kier molecular flexibility index (Phi) is 6.10.